The highest BCUT2D eigenvalue weighted by atomic mass is 32.2. The van der Waals surface area contributed by atoms with Gasteiger partial charge in [-0.3, -0.25) is 4.79 Å². The highest BCUT2D eigenvalue weighted by Crippen LogP contribution is 2.19. The van der Waals surface area contributed by atoms with Crippen molar-refractivity contribution in [3.63, 3.8) is 0 Å². The summed E-state index contributed by atoms with van der Waals surface area (Å²) in [6, 6.07) is 1.09. The maximum Gasteiger partial charge on any atom is 0.244 e. The van der Waals surface area contributed by atoms with E-state index in [1.807, 2.05) is 4.72 Å². The van der Waals surface area contributed by atoms with E-state index < -0.39 is 44.8 Å². The molecule has 118 valence electrons. The van der Waals surface area contributed by atoms with E-state index in [9.17, 15) is 26.4 Å². The average molecular weight is 324 g/mol. The number of amides is 1. The first-order valence-corrected chi connectivity index (χ1v) is 7.63. The summed E-state index contributed by atoms with van der Waals surface area (Å²) in [5, 5.41) is 0. The fraction of sp³-hybridized carbons (Fsp3) is 0.417. The molecule has 1 N–H and O–H groups in total. The van der Waals surface area contributed by atoms with Crippen LogP contribution >= 0.6 is 0 Å². The minimum Gasteiger partial charge on any atom is -0.342 e. The second-order valence-electron chi connectivity index (χ2n) is 4.06. The summed E-state index contributed by atoms with van der Waals surface area (Å²) in [5.41, 5.74) is 0. The molecule has 1 amide bonds. The number of nitrogens with zero attached hydrogens (tertiary/aromatic N) is 1. The molecule has 0 unspecified atom stereocenters. The molecule has 5 nitrogen and oxygen atoms in total. The van der Waals surface area contributed by atoms with Gasteiger partial charge in [0.25, 0.3) is 0 Å². The number of sulfonamides is 1. The first-order valence-electron chi connectivity index (χ1n) is 6.15. The molecule has 0 spiro atoms. The summed E-state index contributed by atoms with van der Waals surface area (Å²) in [6.45, 7) is 3.60. The van der Waals surface area contributed by atoms with Crippen LogP contribution in [0.4, 0.5) is 13.2 Å². The molecule has 1 aromatic carbocycles. The first-order chi connectivity index (χ1) is 9.74. The summed E-state index contributed by atoms with van der Waals surface area (Å²) in [4.78, 5) is 12.0. The number of carbonyl (C=O) groups is 1. The predicted molar refractivity (Wildman–Crippen MR) is 69.4 cm³/mol. The zero-order valence-electron chi connectivity index (χ0n) is 11.5. The molecule has 0 saturated heterocycles. The Balaban J connectivity index is 2.93. The van der Waals surface area contributed by atoms with Crippen molar-refractivity contribution in [1.29, 1.82) is 0 Å². The number of benzene rings is 1. The first kappa shape index (κ1) is 17.4. The molecule has 1 rings (SSSR count). The third kappa shape index (κ3) is 3.94. The molecule has 0 aliphatic carbocycles. The molecule has 1 aromatic rings. The third-order valence-electron chi connectivity index (χ3n) is 2.82. The Bertz CT molecular complexity index is 631. The van der Waals surface area contributed by atoms with Crippen molar-refractivity contribution in [3.8, 4) is 0 Å². The number of halogens is 3. The van der Waals surface area contributed by atoms with Crippen LogP contribution in [0.25, 0.3) is 0 Å². The van der Waals surface area contributed by atoms with E-state index in [2.05, 4.69) is 0 Å². The predicted octanol–water partition coefficient (Wildman–Crippen LogP) is 1.25. The van der Waals surface area contributed by atoms with Crippen molar-refractivity contribution in [2.45, 2.75) is 18.7 Å². The van der Waals surface area contributed by atoms with Gasteiger partial charge in [-0.25, -0.2) is 26.3 Å². The van der Waals surface area contributed by atoms with Crippen LogP contribution in [0, 0.1) is 17.5 Å². The number of rotatable bonds is 6. The molecule has 0 fully saturated rings. The van der Waals surface area contributed by atoms with Crippen molar-refractivity contribution in [2.75, 3.05) is 19.6 Å². The van der Waals surface area contributed by atoms with Gasteiger partial charge in [0.2, 0.25) is 15.9 Å². The molecule has 0 aromatic heterocycles. The van der Waals surface area contributed by atoms with Gasteiger partial charge < -0.3 is 4.90 Å². The van der Waals surface area contributed by atoms with Crippen molar-refractivity contribution < 1.29 is 26.4 Å². The minimum atomic E-state index is -4.45. The Labute approximate surface area is 120 Å². The monoisotopic (exact) mass is 324 g/mol. The van der Waals surface area contributed by atoms with Crippen LogP contribution in [0.1, 0.15) is 13.8 Å². The van der Waals surface area contributed by atoms with Gasteiger partial charge in [-0.1, -0.05) is 0 Å². The molecule has 0 aliphatic rings. The molecule has 0 atom stereocenters. The minimum absolute atomic E-state index is 0.386. The Morgan fingerprint density at radius 2 is 1.71 bits per heavy atom. The molecule has 9 heteroatoms. The standard InChI is InChI=1S/C12H15F3N2O3S/c1-3-17(4-2)10(18)7-16-21(19,20)9-6-5-8(13)11(14)12(9)15/h5-6,16H,3-4,7H2,1-2H3. The lowest BCUT2D eigenvalue weighted by atomic mass is 10.3. The topological polar surface area (TPSA) is 66.5 Å². The van der Waals surface area contributed by atoms with E-state index in [0.29, 0.717) is 25.2 Å². The van der Waals surface area contributed by atoms with Gasteiger partial charge in [-0.15, -0.1) is 0 Å². The van der Waals surface area contributed by atoms with Crippen molar-refractivity contribution >= 4 is 15.9 Å². The normalized spacial score (nSPS) is 11.5. The lowest BCUT2D eigenvalue weighted by molar-refractivity contribution is -0.129. The largest absolute Gasteiger partial charge is 0.342 e. The number of nitrogens with one attached hydrogen (secondary N) is 1. The van der Waals surface area contributed by atoms with Crippen LogP contribution in [-0.2, 0) is 14.8 Å². The van der Waals surface area contributed by atoms with Crippen LogP contribution in [0.3, 0.4) is 0 Å². The van der Waals surface area contributed by atoms with Crippen LogP contribution < -0.4 is 4.72 Å². The molecular formula is C12H15F3N2O3S. The molecular weight excluding hydrogens is 309 g/mol. The fourth-order valence-corrected chi connectivity index (χ4v) is 2.68. The van der Waals surface area contributed by atoms with E-state index in [1.54, 1.807) is 13.8 Å². The second-order valence-corrected chi connectivity index (χ2v) is 5.80. The Hall–Kier alpha value is -1.61. The SMILES string of the molecule is CCN(CC)C(=O)CNS(=O)(=O)c1ccc(F)c(F)c1F. The van der Waals surface area contributed by atoms with Crippen molar-refractivity contribution in [2.24, 2.45) is 0 Å². The molecule has 0 heterocycles. The molecule has 0 bridgehead atoms. The zero-order valence-corrected chi connectivity index (χ0v) is 12.3. The molecule has 0 aliphatic heterocycles. The highest BCUT2D eigenvalue weighted by Gasteiger charge is 2.25. The number of carbonyl (C=O) groups excluding carboxylic acids is 1. The fourth-order valence-electron chi connectivity index (χ4n) is 1.64. The van der Waals surface area contributed by atoms with E-state index >= 15 is 0 Å². The molecule has 0 saturated carbocycles. The van der Waals surface area contributed by atoms with Gasteiger partial charge in [-0.2, -0.15) is 0 Å². The number of hydrogen-bond donors (Lipinski definition) is 1. The van der Waals surface area contributed by atoms with E-state index in [1.165, 1.54) is 4.90 Å². The Kier molecular flexibility index (Phi) is 5.73. The van der Waals surface area contributed by atoms with E-state index in [4.69, 9.17) is 0 Å². The highest BCUT2D eigenvalue weighted by molar-refractivity contribution is 7.89. The van der Waals surface area contributed by atoms with Gasteiger partial charge in [-0.05, 0) is 26.0 Å². The van der Waals surface area contributed by atoms with Crippen LogP contribution in [0.5, 0.6) is 0 Å². The quantitative estimate of drug-likeness (QED) is 0.801. The smallest absolute Gasteiger partial charge is 0.244 e. The van der Waals surface area contributed by atoms with Gasteiger partial charge in [0.05, 0.1) is 6.54 Å². The summed E-state index contributed by atoms with van der Waals surface area (Å²) >= 11 is 0. The summed E-state index contributed by atoms with van der Waals surface area (Å²) in [6.07, 6.45) is 0. The zero-order chi connectivity index (χ0) is 16.2. The molecule has 0 radical (unpaired) electrons. The van der Waals surface area contributed by atoms with Gasteiger partial charge in [0.1, 0.15) is 4.90 Å². The number of likely N-dealkylation sites (N-methyl/N-ethyl adjacent to an activating group) is 1. The van der Waals surface area contributed by atoms with Crippen molar-refractivity contribution in [3.05, 3.63) is 29.6 Å². The lowest BCUT2D eigenvalue weighted by Gasteiger charge is -2.18. The summed E-state index contributed by atoms with van der Waals surface area (Å²) in [7, 11) is -4.45. The Morgan fingerprint density at radius 1 is 1.14 bits per heavy atom. The van der Waals surface area contributed by atoms with Gasteiger partial charge >= 0.3 is 0 Å². The maximum atomic E-state index is 13.4. The van der Waals surface area contributed by atoms with Crippen LogP contribution in [0.2, 0.25) is 0 Å². The lowest BCUT2D eigenvalue weighted by Crippen LogP contribution is -2.40. The van der Waals surface area contributed by atoms with E-state index in [-0.39, 0.29) is 0 Å². The van der Waals surface area contributed by atoms with Gasteiger partial charge in [0.15, 0.2) is 17.5 Å². The van der Waals surface area contributed by atoms with Crippen LogP contribution in [0.15, 0.2) is 17.0 Å². The van der Waals surface area contributed by atoms with Gasteiger partial charge in [0, 0.05) is 13.1 Å². The summed E-state index contributed by atoms with van der Waals surface area (Å²) in [5.74, 6) is -5.71. The number of hydrogen-bond acceptors (Lipinski definition) is 3. The van der Waals surface area contributed by atoms with Crippen LogP contribution in [-0.4, -0.2) is 38.9 Å². The third-order valence-corrected chi connectivity index (χ3v) is 4.24. The van der Waals surface area contributed by atoms with E-state index in [0.717, 1.165) is 0 Å². The molecule has 21 heavy (non-hydrogen) atoms. The average Bonchev–Trinajstić information content (AvgIpc) is 2.44. The Morgan fingerprint density at radius 3 is 2.24 bits per heavy atom. The van der Waals surface area contributed by atoms with Crippen molar-refractivity contribution in [1.82, 2.24) is 9.62 Å². The maximum absolute atomic E-state index is 13.4. The second kappa shape index (κ2) is 6.90. The summed E-state index contributed by atoms with van der Waals surface area (Å²) < 4.78 is 64.7.